The maximum Gasteiger partial charge on any atom is 0.127 e. The molecule has 0 unspecified atom stereocenters. The minimum atomic E-state index is -0.303. The molecule has 3 nitrogen and oxygen atoms in total. The molecule has 0 aromatic heterocycles. The Morgan fingerprint density at radius 1 is 1.44 bits per heavy atom. The summed E-state index contributed by atoms with van der Waals surface area (Å²) < 4.78 is 18.5. The lowest BCUT2D eigenvalue weighted by Crippen LogP contribution is -2.06. The molecule has 0 atom stereocenters. The Bertz CT molecular complexity index is 374. The maximum absolute atomic E-state index is 13.2. The molecule has 1 aromatic carbocycles. The Kier molecular flexibility index (Phi) is 5.30. The van der Waals surface area contributed by atoms with Crippen LogP contribution in [0.2, 0.25) is 0 Å². The van der Waals surface area contributed by atoms with Crippen LogP contribution in [-0.4, -0.2) is 13.7 Å². The lowest BCUT2D eigenvalue weighted by atomic mass is 10.2. The number of benzene rings is 1. The van der Waals surface area contributed by atoms with E-state index in [0.717, 1.165) is 5.56 Å². The van der Waals surface area contributed by atoms with Crippen LogP contribution in [0.5, 0.6) is 5.75 Å². The first kappa shape index (κ1) is 12.5. The number of hydrogen-bond acceptors (Lipinski definition) is 3. The predicted octanol–water partition coefficient (Wildman–Crippen LogP) is 2.23. The van der Waals surface area contributed by atoms with E-state index in [0.29, 0.717) is 31.7 Å². The predicted molar refractivity (Wildman–Crippen MR) is 59.5 cm³/mol. The number of nitrogens with one attached hydrogen (secondary N) is 1. The Balaban J connectivity index is 2.55. The van der Waals surface area contributed by atoms with Gasteiger partial charge in [-0.25, -0.2) is 4.39 Å². The summed E-state index contributed by atoms with van der Waals surface area (Å²) in [7, 11) is 1.80. The quantitative estimate of drug-likeness (QED) is 0.751. The van der Waals surface area contributed by atoms with Gasteiger partial charge in [-0.05, 0) is 31.2 Å². The lowest BCUT2D eigenvalue weighted by molar-refractivity contribution is 0.310. The van der Waals surface area contributed by atoms with Crippen LogP contribution in [0, 0.1) is 17.1 Å². The van der Waals surface area contributed by atoms with Crippen molar-refractivity contribution in [1.82, 2.24) is 5.32 Å². The van der Waals surface area contributed by atoms with Crippen LogP contribution < -0.4 is 10.1 Å². The molecule has 0 radical (unpaired) electrons. The van der Waals surface area contributed by atoms with Crippen LogP contribution in [0.1, 0.15) is 18.4 Å². The zero-order valence-corrected chi connectivity index (χ0v) is 9.29. The van der Waals surface area contributed by atoms with Gasteiger partial charge in [0.15, 0.2) is 0 Å². The van der Waals surface area contributed by atoms with E-state index in [-0.39, 0.29) is 5.82 Å². The van der Waals surface area contributed by atoms with E-state index in [9.17, 15) is 4.39 Å². The van der Waals surface area contributed by atoms with E-state index in [1.54, 1.807) is 13.1 Å². The van der Waals surface area contributed by atoms with Crippen LogP contribution in [0.25, 0.3) is 0 Å². The van der Waals surface area contributed by atoms with Gasteiger partial charge in [0, 0.05) is 19.0 Å². The molecule has 0 spiro atoms. The highest BCUT2D eigenvalue weighted by atomic mass is 19.1. The molecule has 0 aliphatic rings. The van der Waals surface area contributed by atoms with Gasteiger partial charge in [-0.2, -0.15) is 5.26 Å². The molecule has 0 amide bonds. The molecule has 0 aliphatic heterocycles. The van der Waals surface area contributed by atoms with Crippen LogP contribution in [0.15, 0.2) is 18.2 Å². The first-order valence-corrected chi connectivity index (χ1v) is 5.20. The van der Waals surface area contributed by atoms with Gasteiger partial charge in [0.1, 0.15) is 11.6 Å². The maximum atomic E-state index is 13.2. The summed E-state index contributed by atoms with van der Waals surface area (Å²) in [4.78, 5) is 0. The topological polar surface area (TPSA) is 45.0 Å². The normalized spacial score (nSPS) is 9.81. The standard InChI is InChI=1S/C12H15FN2O/c1-15-9-10-6-11(13)8-12(7-10)16-5-3-2-4-14/h6-8,15H,2-3,5,9H2,1H3. The second-order valence-electron chi connectivity index (χ2n) is 3.44. The van der Waals surface area contributed by atoms with Crippen LogP contribution in [-0.2, 0) is 6.54 Å². The lowest BCUT2D eigenvalue weighted by Gasteiger charge is -2.07. The van der Waals surface area contributed by atoms with Crippen molar-refractivity contribution in [3.8, 4) is 11.8 Å². The molecule has 1 aromatic rings. The van der Waals surface area contributed by atoms with Gasteiger partial charge in [-0.3, -0.25) is 0 Å². The van der Waals surface area contributed by atoms with Crippen molar-refractivity contribution < 1.29 is 9.13 Å². The molecule has 0 saturated heterocycles. The van der Waals surface area contributed by atoms with Crippen molar-refractivity contribution in [2.24, 2.45) is 0 Å². The summed E-state index contributed by atoms with van der Waals surface area (Å²) in [5.41, 5.74) is 0.845. The fourth-order valence-corrected chi connectivity index (χ4v) is 1.35. The number of unbranched alkanes of at least 4 members (excludes halogenated alkanes) is 1. The molecule has 0 fully saturated rings. The van der Waals surface area contributed by atoms with E-state index in [1.807, 2.05) is 6.07 Å². The van der Waals surface area contributed by atoms with Crippen molar-refractivity contribution in [3.63, 3.8) is 0 Å². The van der Waals surface area contributed by atoms with Gasteiger partial charge in [-0.15, -0.1) is 0 Å². The molecule has 1 rings (SSSR count). The van der Waals surface area contributed by atoms with E-state index in [2.05, 4.69) is 5.32 Å². The molecular weight excluding hydrogens is 207 g/mol. The second kappa shape index (κ2) is 6.81. The second-order valence-corrected chi connectivity index (χ2v) is 3.44. The number of nitrogens with zero attached hydrogens (tertiary/aromatic N) is 1. The Hall–Kier alpha value is -1.60. The summed E-state index contributed by atoms with van der Waals surface area (Å²) in [6.45, 7) is 1.04. The zero-order valence-electron chi connectivity index (χ0n) is 9.29. The first-order chi connectivity index (χ1) is 7.76. The first-order valence-electron chi connectivity index (χ1n) is 5.20. The van der Waals surface area contributed by atoms with Gasteiger partial charge in [0.2, 0.25) is 0 Å². The van der Waals surface area contributed by atoms with E-state index in [1.165, 1.54) is 12.1 Å². The number of ether oxygens (including phenoxy) is 1. The van der Waals surface area contributed by atoms with Crippen molar-refractivity contribution in [3.05, 3.63) is 29.6 Å². The van der Waals surface area contributed by atoms with E-state index < -0.39 is 0 Å². The van der Waals surface area contributed by atoms with Crippen molar-refractivity contribution in [2.75, 3.05) is 13.7 Å². The zero-order chi connectivity index (χ0) is 11.8. The summed E-state index contributed by atoms with van der Waals surface area (Å²) >= 11 is 0. The largest absolute Gasteiger partial charge is 0.493 e. The van der Waals surface area contributed by atoms with Crippen LogP contribution >= 0.6 is 0 Å². The SMILES string of the molecule is CNCc1cc(F)cc(OCCCC#N)c1. The van der Waals surface area contributed by atoms with Crippen molar-refractivity contribution in [2.45, 2.75) is 19.4 Å². The number of halogens is 1. The molecular formula is C12H15FN2O. The van der Waals surface area contributed by atoms with Crippen molar-refractivity contribution in [1.29, 1.82) is 5.26 Å². The highest BCUT2D eigenvalue weighted by Crippen LogP contribution is 2.16. The smallest absolute Gasteiger partial charge is 0.127 e. The minimum Gasteiger partial charge on any atom is -0.493 e. The monoisotopic (exact) mass is 222 g/mol. The van der Waals surface area contributed by atoms with E-state index in [4.69, 9.17) is 10.00 Å². The Morgan fingerprint density at radius 3 is 2.94 bits per heavy atom. The third kappa shape index (κ3) is 4.28. The van der Waals surface area contributed by atoms with Crippen molar-refractivity contribution >= 4 is 0 Å². The molecule has 4 heteroatoms. The van der Waals surface area contributed by atoms with Gasteiger partial charge >= 0.3 is 0 Å². The van der Waals surface area contributed by atoms with Crippen LogP contribution in [0.3, 0.4) is 0 Å². The van der Waals surface area contributed by atoms with Gasteiger partial charge in [-0.1, -0.05) is 0 Å². The third-order valence-electron chi connectivity index (χ3n) is 2.01. The number of rotatable bonds is 6. The average Bonchev–Trinajstić information content (AvgIpc) is 2.24. The molecule has 1 N–H and O–H groups in total. The highest BCUT2D eigenvalue weighted by molar-refractivity contribution is 5.29. The average molecular weight is 222 g/mol. The Labute approximate surface area is 94.8 Å². The molecule has 16 heavy (non-hydrogen) atoms. The Morgan fingerprint density at radius 2 is 2.25 bits per heavy atom. The summed E-state index contributed by atoms with van der Waals surface area (Å²) in [6.07, 6.45) is 1.12. The van der Waals surface area contributed by atoms with E-state index >= 15 is 0 Å². The molecule has 0 aliphatic carbocycles. The fraction of sp³-hybridized carbons (Fsp3) is 0.417. The molecule has 86 valence electrons. The minimum absolute atomic E-state index is 0.303. The van der Waals surface area contributed by atoms with Crippen LogP contribution in [0.4, 0.5) is 4.39 Å². The molecule has 0 heterocycles. The van der Waals surface area contributed by atoms with Gasteiger partial charge in [0.25, 0.3) is 0 Å². The fourth-order valence-electron chi connectivity index (χ4n) is 1.35. The highest BCUT2D eigenvalue weighted by Gasteiger charge is 2.01. The molecule has 0 saturated carbocycles. The van der Waals surface area contributed by atoms with Gasteiger partial charge in [0.05, 0.1) is 12.7 Å². The van der Waals surface area contributed by atoms with Gasteiger partial charge < -0.3 is 10.1 Å². The molecule has 0 bridgehead atoms. The number of nitriles is 1. The summed E-state index contributed by atoms with van der Waals surface area (Å²) in [6, 6.07) is 6.65. The summed E-state index contributed by atoms with van der Waals surface area (Å²) in [5, 5.41) is 11.3. The summed E-state index contributed by atoms with van der Waals surface area (Å²) in [5.74, 6) is 0.214. The number of hydrogen-bond donors (Lipinski definition) is 1. The third-order valence-corrected chi connectivity index (χ3v) is 2.01.